The predicted octanol–water partition coefficient (Wildman–Crippen LogP) is 3.40. The van der Waals surface area contributed by atoms with E-state index in [1.807, 2.05) is 0 Å². The summed E-state index contributed by atoms with van der Waals surface area (Å²) in [6, 6.07) is 11.0. The van der Waals surface area contributed by atoms with Gasteiger partial charge in [0.05, 0.1) is 0 Å². The molecule has 2 heteroatoms. The number of hydrogen-bond donors (Lipinski definition) is 1. The van der Waals surface area contributed by atoms with Crippen molar-refractivity contribution in [2.24, 2.45) is 23.0 Å². The molecule has 5 rings (SSSR count). The summed E-state index contributed by atoms with van der Waals surface area (Å²) in [6.45, 7) is 0. The van der Waals surface area contributed by atoms with Crippen LogP contribution in [0.25, 0.3) is 0 Å². The molecule has 1 amide bonds. The van der Waals surface area contributed by atoms with Crippen LogP contribution >= 0.6 is 0 Å². The standard InChI is InChI=1S/C18H23NO/c19-16(20)11-17-7-13-6-14(8-17)10-18(9-13,12-17)15-4-2-1-3-5-15/h1-5,13-14H,6-12H2,(H2,19,20). The molecule has 2 atom stereocenters. The molecular formula is C18H23NO. The number of nitrogens with two attached hydrogens (primary N) is 1. The molecule has 2 unspecified atom stereocenters. The molecule has 20 heavy (non-hydrogen) atoms. The molecule has 1 aromatic rings. The smallest absolute Gasteiger partial charge is 0.217 e. The maximum absolute atomic E-state index is 11.5. The monoisotopic (exact) mass is 269 g/mol. The molecule has 0 radical (unpaired) electrons. The van der Waals surface area contributed by atoms with Gasteiger partial charge in [-0.15, -0.1) is 0 Å². The van der Waals surface area contributed by atoms with Crippen molar-refractivity contribution in [1.82, 2.24) is 0 Å². The Kier molecular flexibility index (Phi) is 2.55. The Hall–Kier alpha value is -1.31. The molecule has 4 aliphatic carbocycles. The van der Waals surface area contributed by atoms with Gasteiger partial charge in [0.25, 0.3) is 0 Å². The average Bonchev–Trinajstić information content (AvgIpc) is 2.36. The van der Waals surface area contributed by atoms with Crippen molar-refractivity contribution in [3.8, 4) is 0 Å². The highest BCUT2D eigenvalue weighted by molar-refractivity contribution is 5.74. The van der Waals surface area contributed by atoms with Crippen LogP contribution in [0.5, 0.6) is 0 Å². The molecule has 4 fully saturated rings. The molecule has 0 aromatic heterocycles. The molecular weight excluding hydrogens is 246 g/mol. The third-order valence-corrected chi connectivity index (χ3v) is 6.12. The Bertz CT molecular complexity index is 522. The summed E-state index contributed by atoms with van der Waals surface area (Å²) in [7, 11) is 0. The first-order valence-corrected chi connectivity index (χ1v) is 7.93. The van der Waals surface area contributed by atoms with Gasteiger partial charge < -0.3 is 5.73 Å². The second-order valence-corrected chi connectivity index (χ2v) is 7.75. The average molecular weight is 269 g/mol. The largest absolute Gasteiger partial charge is 0.370 e. The fourth-order valence-corrected chi connectivity index (χ4v) is 6.16. The Morgan fingerprint density at radius 1 is 1.10 bits per heavy atom. The first kappa shape index (κ1) is 12.4. The van der Waals surface area contributed by atoms with Crippen molar-refractivity contribution in [3.63, 3.8) is 0 Å². The molecule has 4 saturated carbocycles. The Morgan fingerprint density at radius 2 is 1.75 bits per heavy atom. The molecule has 106 valence electrons. The minimum atomic E-state index is -0.102. The predicted molar refractivity (Wildman–Crippen MR) is 79.0 cm³/mol. The van der Waals surface area contributed by atoms with E-state index in [-0.39, 0.29) is 11.3 Å². The van der Waals surface area contributed by atoms with Gasteiger partial charge in [0.2, 0.25) is 5.91 Å². The van der Waals surface area contributed by atoms with Crippen molar-refractivity contribution in [2.75, 3.05) is 0 Å². The zero-order chi connectivity index (χ0) is 13.8. The zero-order valence-electron chi connectivity index (χ0n) is 12.0. The highest BCUT2D eigenvalue weighted by atomic mass is 16.1. The van der Waals surface area contributed by atoms with Crippen LogP contribution in [0, 0.1) is 17.3 Å². The van der Waals surface area contributed by atoms with E-state index in [1.165, 1.54) is 44.1 Å². The van der Waals surface area contributed by atoms with Crippen LogP contribution in [-0.2, 0) is 10.2 Å². The third-order valence-electron chi connectivity index (χ3n) is 6.12. The minimum absolute atomic E-state index is 0.102. The number of carbonyl (C=O) groups excluding carboxylic acids is 1. The van der Waals surface area contributed by atoms with E-state index in [9.17, 15) is 4.79 Å². The Labute approximate surface area is 120 Å². The van der Waals surface area contributed by atoms with Crippen molar-refractivity contribution < 1.29 is 4.79 Å². The Morgan fingerprint density at radius 3 is 2.35 bits per heavy atom. The molecule has 2 N–H and O–H groups in total. The highest BCUT2D eigenvalue weighted by Gasteiger charge is 2.58. The van der Waals surface area contributed by atoms with Crippen molar-refractivity contribution in [2.45, 2.75) is 50.4 Å². The van der Waals surface area contributed by atoms with E-state index in [0.29, 0.717) is 11.8 Å². The lowest BCUT2D eigenvalue weighted by atomic mass is 9.42. The van der Waals surface area contributed by atoms with E-state index in [1.54, 1.807) is 0 Å². The molecule has 0 heterocycles. The topological polar surface area (TPSA) is 43.1 Å². The highest BCUT2D eigenvalue weighted by Crippen LogP contribution is 2.66. The van der Waals surface area contributed by atoms with Gasteiger partial charge in [-0.1, -0.05) is 30.3 Å². The fourth-order valence-electron chi connectivity index (χ4n) is 6.16. The van der Waals surface area contributed by atoms with Crippen LogP contribution in [-0.4, -0.2) is 5.91 Å². The summed E-state index contributed by atoms with van der Waals surface area (Å²) >= 11 is 0. The van der Waals surface area contributed by atoms with E-state index in [0.717, 1.165) is 11.8 Å². The summed E-state index contributed by atoms with van der Waals surface area (Å²) in [5.74, 6) is 1.53. The van der Waals surface area contributed by atoms with Gasteiger partial charge in [0.1, 0.15) is 0 Å². The van der Waals surface area contributed by atoms with Crippen molar-refractivity contribution in [3.05, 3.63) is 35.9 Å². The molecule has 4 bridgehead atoms. The first-order chi connectivity index (χ1) is 9.59. The normalized spacial score (nSPS) is 41.8. The third kappa shape index (κ3) is 1.81. The maximum Gasteiger partial charge on any atom is 0.217 e. The summed E-state index contributed by atoms with van der Waals surface area (Å²) in [5.41, 5.74) is 7.61. The first-order valence-electron chi connectivity index (χ1n) is 7.93. The second kappa shape index (κ2) is 4.09. The molecule has 0 aliphatic heterocycles. The van der Waals surface area contributed by atoms with E-state index in [2.05, 4.69) is 30.3 Å². The lowest BCUT2D eigenvalue weighted by Crippen LogP contribution is -2.54. The summed E-state index contributed by atoms with van der Waals surface area (Å²) in [6.07, 6.45) is 8.30. The lowest BCUT2D eigenvalue weighted by molar-refractivity contribution is -0.128. The van der Waals surface area contributed by atoms with Crippen LogP contribution in [0.1, 0.15) is 50.5 Å². The second-order valence-electron chi connectivity index (χ2n) is 7.75. The van der Waals surface area contributed by atoms with Gasteiger partial charge >= 0.3 is 0 Å². The molecule has 0 saturated heterocycles. The van der Waals surface area contributed by atoms with Crippen LogP contribution in [0.4, 0.5) is 0 Å². The number of carbonyl (C=O) groups is 1. The van der Waals surface area contributed by atoms with Gasteiger partial charge in [-0.25, -0.2) is 0 Å². The van der Waals surface area contributed by atoms with Gasteiger partial charge in [-0.2, -0.15) is 0 Å². The summed E-state index contributed by atoms with van der Waals surface area (Å²) in [4.78, 5) is 11.5. The van der Waals surface area contributed by atoms with Gasteiger partial charge in [0.15, 0.2) is 0 Å². The molecule has 0 spiro atoms. The zero-order valence-corrected chi connectivity index (χ0v) is 12.0. The van der Waals surface area contributed by atoms with Crippen LogP contribution < -0.4 is 5.73 Å². The number of rotatable bonds is 3. The lowest BCUT2D eigenvalue weighted by Gasteiger charge is -2.62. The van der Waals surface area contributed by atoms with Gasteiger partial charge in [0, 0.05) is 6.42 Å². The quantitative estimate of drug-likeness (QED) is 0.898. The molecule has 2 nitrogen and oxygen atoms in total. The fraction of sp³-hybridized carbons (Fsp3) is 0.611. The number of hydrogen-bond acceptors (Lipinski definition) is 1. The minimum Gasteiger partial charge on any atom is -0.370 e. The number of primary amides is 1. The maximum atomic E-state index is 11.5. The van der Waals surface area contributed by atoms with Crippen molar-refractivity contribution in [1.29, 1.82) is 0 Å². The number of benzene rings is 1. The SMILES string of the molecule is NC(=O)CC12CC3CC(C1)CC(c1ccccc1)(C3)C2. The summed E-state index contributed by atoms with van der Waals surface area (Å²) < 4.78 is 0. The molecule has 4 aliphatic rings. The number of amides is 1. The van der Waals surface area contributed by atoms with Crippen LogP contribution in [0.3, 0.4) is 0 Å². The van der Waals surface area contributed by atoms with Crippen LogP contribution in [0.15, 0.2) is 30.3 Å². The van der Waals surface area contributed by atoms with Crippen LogP contribution in [0.2, 0.25) is 0 Å². The van der Waals surface area contributed by atoms with E-state index < -0.39 is 0 Å². The van der Waals surface area contributed by atoms with Gasteiger partial charge in [-0.3, -0.25) is 4.79 Å². The van der Waals surface area contributed by atoms with E-state index in [4.69, 9.17) is 5.73 Å². The molecule has 1 aromatic carbocycles. The Balaban J connectivity index is 1.74. The van der Waals surface area contributed by atoms with Crippen molar-refractivity contribution >= 4 is 5.91 Å². The summed E-state index contributed by atoms with van der Waals surface area (Å²) in [5, 5.41) is 0. The van der Waals surface area contributed by atoms with E-state index >= 15 is 0 Å². The van der Waals surface area contributed by atoms with Gasteiger partial charge in [-0.05, 0) is 66.8 Å².